The molecule has 2 N–H and O–H groups in total. The summed E-state index contributed by atoms with van der Waals surface area (Å²) in [6, 6.07) is 10.7. The number of thiophene rings is 1. The van der Waals surface area contributed by atoms with Crippen molar-refractivity contribution in [2.75, 3.05) is 18.9 Å². The van der Waals surface area contributed by atoms with Crippen molar-refractivity contribution in [1.29, 1.82) is 0 Å². The quantitative estimate of drug-likeness (QED) is 0.688. The fourth-order valence-corrected chi connectivity index (χ4v) is 3.37. The van der Waals surface area contributed by atoms with E-state index in [2.05, 4.69) is 11.4 Å². The first-order valence-corrected chi connectivity index (χ1v) is 9.65. The standard InChI is InChI=1S/C20H24N2O4S/c1-14(20(25)26)13-22(2)19(24)15-6-3-7-16(12-15)21-18(23)10-4-8-17-9-5-11-27-17/h3,5-7,9,11-12,14H,4,8,10,13H2,1-2H3,(H,21,23)(H,25,26). The fourth-order valence-electron chi connectivity index (χ4n) is 2.62. The summed E-state index contributed by atoms with van der Waals surface area (Å²) in [4.78, 5) is 38.2. The summed E-state index contributed by atoms with van der Waals surface area (Å²) in [5.74, 6) is -1.97. The van der Waals surface area contributed by atoms with Crippen LogP contribution in [0.3, 0.4) is 0 Å². The van der Waals surface area contributed by atoms with E-state index in [9.17, 15) is 14.4 Å². The van der Waals surface area contributed by atoms with Crippen LogP contribution in [0, 0.1) is 5.92 Å². The third-order valence-electron chi connectivity index (χ3n) is 4.12. The molecule has 0 aliphatic rings. The van der Waals surface area contributed by atoms with E-state index in [0.29, 0.717) is 17.7 Å². The maximum absolute atomic E-state index is 12.5. The van der Waals surface area contributed by atoms with Gasteiger partial charge in [-0.2, -0.15) is 0 Å². The summed E-state index contributed by atoms with van der Waals surface area (Å²) in [5.41, 5.74) is 0.966. The lowest BCUT2D eigenvalue weighted by atomic mass is 10.1. The van der Waals surface area contributed by atoms with Crippen LogP contribution in [0.1, 0.15) is 35.0 Å². The van der Waals surface area contributed by atoms with E-state index in [1.54, 1.807) is 49.6 Å². The molecule has 0 spiro atoms. The highest BCUT2D eigenvalue weighted by Gasteiger charge is 2.18. The molecular formula is C20H24N2O4S. The molecule has 0 radical (unpaired) electrons. The summed E-state index contributed by atoms with van der Waals surface area (Å²) in [7, 11) is 1.57. The molecule has 1 atom stereocenters. The summed E-state index contributed by atoms with van der Waals surface area (Å²) < 4.78 is 0. The number of aliphatic carboxylic acids is 1. The van der Waals surface area contributed by atoms with Gasteiger partial charge in [0.2, 0.25) is 5.91 Å². The predicted molar refractivity (Wildman–Crippen MR) is 106 cm³/mol. The number of amides is 2. The van der Waals surface area contributed by atoms with Gasteiger partial charge in [0.05, 0.1) is 5.92 Å². The SMILES string of the molecule is CC(CN(C)C(=O)c1cccc(NC(=O)CCCc2cccs2)c1)C(=O)O. The van der Waals surface area contributed by atoms with Gasteiger partial charge in [-0.05, 0) is 42.5 Å². The van der Waals surface area contributed by atoms with E-state index in [1.807, 2.05) is 11.4 Å². The van der Waals surface area contributed by atoms with Gasteiger partial charge in [-0.25, -0.2) is 0 Å². The molecule has 2 rings (SSSR count). The third kappa shape index (κ3) is 6.53. The number of carboxylic acids is 1. The molecule has 2 aromatic rings. The smallest absolute Gasteiger partial charge is 0.308 e. The summed E-state index contributed by atoms with van der Waals surface area (Å²) in [5, 5.41) is 13.8. The first kappa shape index (κ1) is 20.6. The highest BCUT2D eigenvalue weighted by Crippen LogP contribution is 2.15. The maximum Gasteiger partial charge on any atom is 0.308 e. The van der Waals surface area contributed by atoms with Crippen molar-refractivity contribution in [3.05, 3.63) is 52.2 Å². The van der Waals surface area contributed by atoms with E-state index in [0.717, 1.165) is 12.8 Å². The van der Waals surface area contributed by atoms with E-state index >= 15 is 0 Å². The monoisotopic (exact) mass is 388 g/mol. The average molecular weight is 388 g/mol. The number of carbonyl (C=O) groups is 3. The van der Waals surface area contributed by atoms with Gasteiger partial charge in [0.1, 0.15) is 0 Å². The Bertz CT molecular complexity index is 789. The van der Waals surface area contributed by atoms with Crippen LogP contribution in [-0.2, 0) is 16.0 Å². The second-order valence-electron chi connectivity index (χ2n) is 6.49. The van der Waals surface area contributed by atoms with Gasteiger partial charge in [0, 0.05) is 36.1 Å². The van der Waals surface area contributed by atoms with Crippen molar-refractivity contribution < 1.29 is 19.5 Å². The Morgan fingerprint density at radius 3 is 2.67 bits per heavy atom. The van der Waals surface area contributed by atoms with Gasteiger partial charge in [-0.15, -0.1) is 11.3 Å². The molecule has 1 aromatic heterocycles. The summed E-state index contributed by atoms with van der Waals surface area (Å²) >= 11 is 1.68. The van der Waals surface area contributed by atoms with Crippen molar-refractivity contribution in [3.8, 4) is 0 Å². The zero-order valence-corrected chi connectivity index (χ0v) is 16.3. The highest BCUT2D eigenvalue weighted by molar-refractivity contribution is 7.09. The van der Waals surface area contributed by atoms with Crippen molar-refractivity contribution >= 4 is 34.8 Å². The van der Waals surface area contributed by atoms with Crippen molar-refractivity contribution in [2.45, 2.75) is 26.2 Å². The van der Waals surface area contributed by atoms with Gasteiger partial charge in [0.15, 0.2) is 0 Å². The van der Waals surface area contributed by atoms with Crippen LogP contribution in [0.25, 0.3) is 0 Å². The van der Waals surface area contributed by atoms with Gasteiger partial charge in [0.25, 0.3) is 5.91 Å². The number of rotatable bonds is 9. The zero-order chi connectivity index (χ0) is 19.8. The molecule has 0 fully saturated rings. The highest BCUT2D eigenvalue weighted by atomic mass is 32.1. The predicted octanol–water partition coefficient (Wildman–Crippen LogP) is 3.50. The van der Waals surface area contributed by atoms with Crippen molar-refractivity contribution in [3.63, 3.8) is 0 Å². The van der Waals surface area contributed by atoms with E-state index in [4.69, 9.17) is 5.11 Å². The maximum atomic E-state index is 12.5. The molecule has 6 nitrogen and oxygen atoms in total. The molecule has 7 heteroatoms. The molecule has 1 aromatic carbocycles. The Balaban J connectivity index is 1.88. The average Bonchev–Trinajstić information content (AvgIpc) is 3.14. The minimum absolute atomic E-state index is 0.0935. The minimum atomic E-state index is -0.946. The van der Waals surface area contributed by atoms with E-state index < -0.39 is 11.9 Å². The number of nitrogens with zero attached hydrogens (tertiary/aromatic N) is 1. The molecule has 27 heavy (non-hydrogen) atoms. The number of carboxylic acid groups (broad SMARTS) is 1. The summed E-state index contributed by atoms with van der Waals surface area (Å²) in [6.45, 7) is 1.67. The molecule has 0 bridgehead atoms. The van der Waals surface area contributed by atoms with Crippen molar-refractivity contribution in [2.24, 2.45) is 5.92 Å². The Hall–Kier alpha value is -2.67. The second-order valence-corrected chi connectivity index (χ2v) is 7.52. The topological polar surface area (TPSA) is 86.7 Å². The number of anilines is 1. The van der Waals surface area contributed by atoms with Gasteiger partial charge < -0.3 is 15.3 Å². The third-order valence-corrected chi connectivity index (χ3v) is 5.05. The lowest BCUT2D eigenvalue weighted by Crippen LogP contribution is -2.33. The van der Waals surface area contributed by atoms with Crippen LogP contribution in [0.2, 0.25) is 0 Å². The number of carbonyl (C=O) groups excluding carboxylic acids is 2. The molecule has 0 aliphatic heterocycles. The Morgan fingerprint density at radius 1 is 1.22 bits per heavy atom. The number of hydrogen-bond donors (Lipinski definition) is 2. The van der Waals surface area contributed by atoms with Crippen LogP contribution >= 0.6 is 11.3 Å². The van der Waals surface area contributed by atoms with E-state index in [-0.39, 0.29) is 18.4 Å². The molecule has 1 unspecified atom stereocenters. The van der Waals surface area contributed by atoms with Gasteiger partial charge >= 0.3 is 5.97 Å². The van der Waals surface area contributed by atoms with Crippen molar-refractivity contribution in [1.82, 2.24) is 4.90 Å². The fraction of sp³-hybridized carbons (Fsp3) is 0.350. The lowest BCUT2D eigenvalue weighted by Gasteiger charge is -2.19. The van der Waals surface area contributed by atoms with Crippen LogP contribution in [-0.4, -0.2) is 41.4 Å². The Labute approximate surface area is 162 Å². The number of hydrogen-bond acceptors (Lipinski definition) is 4. The number of aryl methyl sites for hydroxylation is 1. The Kier molecular flexibility index (Phi) is 7.55. The molecule has 0 saturated heterocycles. The first-order valence-electron chi connectivity index (χ1n) is 8.77. The zero-order valence-electron chi connectivity index (χ0n) is 15.5. The molecule has 2 amide bonds. The first-order chi connectivity index (χ1) is 12.9. The van der Waals surface area contributed by atoms with E-state index in [1.165, 1.54) is 9.78 Å². The number of nitrogens with one attached hydrogen (secondary N) is 1. The number of benzene rings is 1. The second kappa shape index (κ2) is 9.87. The summed E-state index contributed by atoms with van der Waals surface area (Å²) in [6.07, 6.45) is 2.04. The lowest BCUT2D eigenvalue weighted by molar-refractivity contribution is -0.141. The van der Waals surface area contributed by atoms with Crippen LogP contribution in [0.15, 0.2) is 41.8 Å². The Morgan fingerprint density at radius 2 is 2.00 bits per heavy atom. The van der Waals surface area contributed by atoms with Gasteiger partial charge in [-0.1, -0.05) is 19.1 Å². The molecule has 0 aliphatic carbocycles. The molecule has 144 valence electrons. The molecule has 1 heterocycles. The minimum Gasteiger partial charge on any atom is -0.481 e. The molecule has 0 saturated carbocycles. The largest absolute Gasteiger partial charge is 0.481 e. The van der Waals surface area contributed by atoms with Crippen LogP contribution < -0.4 is 5.32 Å². The van der Waals surface area contributed by atoms with Crippen LogP contribution in [0.5, 0.6) is 0 Å². The van der Waals surface area contributed by atoms with Crippen LogP contribution in [0.4, 0.5) is 5.69 Å². The van der Waals surface area contributed by atoms with Gasteiger partial charge in [-0.3, -0.25) is 14.4 Å². The molecular weight excluding hydrogens is 364 g/mol. The normalized spacial score (nSPS) is 11.6.